The van der Waals surface area contributed by atoms with Crippen molar-refractivity contribution in [3.63, 3.8) is 0 Å². The highest BCUT2D eigenvalue weighted by molar-refractivity contribution is 5.85. The van der Waals surface area contributed by atoms with Gasteiger partial charge in [0.2, 0.25) is 0 Å². The third kappa shape index (κ3) is 6.24. The lowest BCUT2D eigenvalue weighted by molar-refractivity contribution is 0.104. The maximum atomic E-state index is 9.73. The molecule has 0 amide bonds. The smallest absolute Gasteiger partial charge is 0.122 e. The number of ether oxygens (including phenoxy) is 1. The Kier molecular flexibility index (Phi) is 8.00. The number of aryl methyl sites for hydroxylation is 2. The van der Waals surface area contributed by atoms with E-state index in [1.54, 1.807) is 0 Å². The quantitative estimate of drug-likeness (QED) is 0.837. The zero-order chi connectivity index (χ0) is 12.8. The van der Waals surface area contributed by atoms with Crippen molar-refractivity contribution in [2.24, 2.45) is 0 Å². The van der Waals surface area contributed by atoms with Crippen LogP contribution < -0.4 is 10.1 Å². The summed E-state index contributed by atoms with van der Waals surface area (Å²) in [6, 6.07) is 6.46. The third-order valence-corrected chi connectivity index (χ3v) is 2.54. The normalized spacial score (nSPS) is 12.1. The second-order valence-corrected chi connectivity index (χ2v) is 4.80. The van der Waals surface area contributed by atoms with Crippen molar-refractivity contribution >= 4 is 12.4 Å². The fraction of sp³-hybridized carbons (Fsp3) is 0.571. The molecule has 1 rings (SSSR count). The monoisotopic (exact) mass is 273 g/mol. The first kappa shape index (κ1) is 17.2. The molecule has 0 heterocycles. The van der Waals surface area contributed by atoms with Crippen molar-refractivity contribution in [1.82, 2.24) is 5.32 Å². The van der Waals surface area contributed by atoms with Crippen LogP contribution in [-0.4, -0.2) is 30.4 Å². The van der Waals surface area contributed by atoms with Crippen LogP contribution in [0.1, 0.15) is 25.0 Å². The molecule has 0 aromatic heterocycles. The second kappa shape index (κ2) is 8.35. The third-order valence-electron chi connectivity index (χ3n) is 2.54. The summed E-state index contributed by atoms with van der Waals surface area (Å²) in [5.41, 5.74) is 2.26. The van der Waals surface area contributed by atoms with Crippen LogP contribution in [0, 0.1) is 13.8 Å². The fourth-order valence-corrected chi connectivity index (χ4v) is 1.48. The molecule has 1 unspecified atom stereocenters. The number of aliphatic hydroxyl groups excluding tert-OH is 1. The molecular formula is C14H24ClNO2. The molecular weight excluding hydrogens is 250 g/mol. The van der Waals surface area contributed by atoms with Crippen molar-refractivity contribution in [3.05, 3.63) is 29.3 Å². The van der Waals surface area contributed by atoms with Gasteiger partial charge < -0.3 is 15.2 Å². The molecule has 0 saturated carbocycles. The number of halogens is 1. The van der Waals surface area contributed by atoms with E-state index in [0.717, 1.165) is 11.3 Å². The fourth-order valence-electron chi connectivity index (χ4n) is 1.48. The molecule has 104 valence electrons. The van der Waals surface area contributed by atoms with Crippen LogP contribution in [0.2, 0.25) is 0 Å². The van der Waals surface area contributed by atoms with E-state index in [1.807, 2.05) is 26.0 Å². The first-order valence-electron chi connectivity index (χ1n) is 6.10. The first-order valence-corrected chi connectivity index (χ1v) is 6.10. The number of aliphatic hydroxyl groups is 1. The molecule has 18 heavy (non-hydrogen) atoms. The lowest BCUT2D eigenvalue weighted by atomic mass is 10.1. The summed E-state index contributed by atoms with van der Waals surface area (Å²) in [6.45, 7) is 9.03. The van der Waals surface area contributed by atoms with Gasteiger partial charge in [0.1, 0.15) is 18.5 Å². The minimum Gasteiger partial charge on any atom is -0.491 e. The van der Waals surface area contributed by atoms with E-state index >= 15 is 0 Å². The topological polar surface area (TPSA) is 41.5 Å². The molecule has 0 fully saturated rings. The highest BCUT2D eigenvalue weighted by Gasteiger charge is 2.07. The van der Waals surface area contributed by atoms with Gasteiger partial charge in [0.05, 0.1) is 0 Å². The van der Waals surface area contributed by atoms with Crippen LogP contribution in [0.15, 0.2) is 18.2 Å². The Morgan fingerprint density at radius 2 is 1.94 bits per heavy atom. The first-order chi connectivity index (χ1) is 7.99. The van der Waals surface area contributed by atoms with E-state index in [1.165, 1.54) is 5.56 Å². The zero-order valence-electron chi connectivity index (χ0n) is 11.6. The molecule has 1 atom stereocenters. The summed E-state index contributed by atoms with van der Waals surface area (Å²) in [7, 11) is 0. The van der Waals surface area contributed by atoms with Crippen molar-refractivity contribution < 1.29 is 9.84 Å². The van der Waals surface area contributed by atoms with Crippen molar-refractivity contribution in [2.75, 3.05) is 13.2 Å². The predicted octanol–water partition coefficient (Wildman–Crippen LogP) is 2.46. The lowest BCUT2D eigenvalue weighted by Crippen LogP contribution is -2.35. The minimum absolute atomic E-state index is 0. The number of benzene rings is 1. The molecule has 1 aromatic rings. The molecule has 0 saturated heterocycles. The Balaban J connectivity index is 0.00000289. The van der Waals surface area contributed by atoms with E-state index in [4.69, 9.17) is 4.74 Å². The van der Waals surface area contributed by atoms with Crippen LogP contribution in [0.25, 0.3) is 0 Å². The van der Waals surface area contributed by atoms with Gasteiger partial charge in [-0.3, -0.25) is 0 Å². The van der Waals surface area contributed by atoms with Crippen molar-refractivity contribution in [3.8, 4) is 5.75 Å². The molecule has 2 N–H and O–H groups in total. The average molecular weight is 274 g/mol. The van der Waals surface area contributed by atoms with Crippen LogP contribution in [0.3, 0.4) is 0 Å². The Morgan fingerprint density at radius 3 is 2.56 bits per heavy atom. The summed E-state index contributed by atoms with van der Waals surface area (Å²) in [6.07, 6.45) is -0.475. The van der Waals surface area contributed by atoms with E-state index < -0.39 is 6.10 Å². The van der Waals surface area contributed by atoms with E-state index in [-0.39, 0.29) is 12.4 Å². The van der Waals surface area contributed by atoms with Crippen LogP contribution >= 0.6 is 12.4 Å². The average Bonchev–Trinajstić information content (AvgIpc) is 2.27. The van der Waals surface area contributed by atoms with E-state index in [2.05, 4.69) is 25.2 Å². The maximum Gasteiger partial charge on any atom is 0.122 e. The Hall–Kier alpha value is -0.770. The van der Waals surface area contributed by atoms with Gasteiger partial charge in [0.25, 0.3) is 0 Å². The highest BCUT2D eigenvalue weighted by atomic mass is 35.5. The summed E-state index contributed by atoms with van der Waals surface area (Å²) in [4.78, 5) is 0. The number of rotatable bonds is 6. The van der Waals surface area contributed by atoms with Crippen LogP contribution in [0.5, 0.6) is 5.75 Å². The number of hydrogen-bond acceptors (Lipinski definition) is 3. The van der Waals surface area contributed by atoms with E-state index in [0.29, 0.717) is 19.2 Å². The standard InChI is InChI=1S/C14H23NO2.ClH/c1-10(2)15-8-13(16)9-17-14-7-11(3)5-6-12(14)4;/h5-7,10,13,15-16H,8-9H2,1-4H3;1H. The van der Waals surface area contributed by atoms with Crippen LogP contribution in [0.4, 0.5) is 0 Å². The summed E-state index contributed by atoms with van der Waals surface area (Å²) in [5.74, 6) is 0.855. The molecule has 3 nitrogen and oxygen atoms in total. The molecule has 4 heteroatoms. The van der Waals surface area contributed by atoms with E-state index in [9.17, 15) is 5.11 Å². The molecule has 0 spiro atoms. The predicted molar refractivity (Wildman–Crippen MR) is 77.8 cm³/mol. The van der Waals surface area contributed by atoms with Crippen molar-refractivity contribution in [1.29, 1.82) is 0 Å². The summed E-state index contributed by atoms with van der Waals surface area (Å²) in [5, 5.41) is 12.9. The molecule has 0 aliphatic rings. The SMILES string of the molecule is Cc1ccc(C)c(OCC(O)CNC(C)C)c1.Cl. The Morgan fingerprint density at radius 1 is 1.28 bits per heavy atom. The molecule has 0 radical (unpaired) electrons. The summed E-state index contributed by atoms with van der Waals surface area (Å²) >= 11 is 0. The highest BCUT2D eigenvalue weighted by Crippen LogP contribution is 2.19. The zero-order valence-corrected chi connectivity index (χ0v) is 12.4. The van der Waals surface area contributed by atoms with Gasteiger partial charge in [-0.05, 0) is 31.0 Å². The van der Waals surface area contributed by atoms with Gasteiger partial charge in [-0.25, -0.2) is 0 Å². The largest absolute Gasteiger partial charge is 0.491 e. The molecule has 0 aliphatic heterocycles. The second-order valence-electron chi connectivity index (χ2n) is 4.80. The van der Waals surface area contributed by atoms with Gasteiger partial charge in [-0.1, -0.05) is 26.0 Å². The van der Waals surface area contributed by atoms with Gasteiger partial charge in [-0.2, -0.15) is 0 Å². The molecule has 1 aromatic carbocycles. The Labute approximate surface area is 116 Å². The Bertz CT molecular complexity index is 356. The lowest BCUT2D eigenvalue weighted by Gasteiger charge is -2.16. The van der Waals surface area contributed by atoms with Gasteiger partial charge in [0, 0.05) is 12.6 Å². The number of nitrogens with one attached hydrogen (secondary N) is 1. The summed E-state index contributed by atoms with van der Waals surface area (Å²) < 4.78 is 5.62. The molecule has 0 aliphatic carbocycles. The van der Waals surface area contributed by atoms with Crippen molar-refractivity contribution in [2.45, 2.75) is 39.8 Å². The number of hydrogen-bond donors (Lipinski definition) is 2. The molecule has 0 bridgehead atoms. The maximum absolute atomic E-state index is 9.73. The van der Waals surface area contributed by atoms with Crippen LogP contribution in [-0.2, 0) is 0 Å². The minimum atomic E-state index is -0.475. The van der Waals surface area contributed by atoms with Gasteiger partial charge in [0.15, 0.2) is 0 Å². The van der Waals surface area contributed by atoms with Gasteiger partial charge >= 0.3 is 0 Å². The van der Waals surface area contributed by atoms with Gasteiger partial charge in [-0.15, -0.1) is 12.4 Å².